The highest BCUT2D eigenvalue weighted by atomic mass is 16.4. The van der Waals surface area contributed by atoms with E-state index in [-0.39, 0.29) is 12.3 Å². The Balaban J connectivity index is 2.31. The first-order chi connectivity index (χ1) is 7.22. The topological polar surface area (TPSA) is 49.3 Å². The van der Waals surface area contributed by atoms with Crippen LogP contribution in [0.25, 0.3) is 0 Å². The maximum Gasteiger partial charge on any atom is 0.304 e. The van der Waals surface area contributed by atoms with E-state index in [1.165, 1.54) is 5.56 Å². The Kier molecular flexibility index (Phi) is 2.62. The number of anilines is 1. The summed E-state index contributed by atoms with van der Waals surface area (Å²) in [7, 11) is 0. The molecule has 3 nitrogen and oxygen atoms in total. The Morgan fingerprint density at radius 1 is 1.60 bits per heavy atom. The second-order valence-electron chi connectivity index (χ2n) is 3.91. The highest BCUT2D eigenvalue weighted by molar-refractivity contribution is 5.71. The first-order valence-electron chi connectivity index (χ1n) is 5.29. The number of aliphatic carboxylic acids is 1. The Bertz CT molecular complexity index is 387. The van der Waals surface area contributed by atoms with Crippen LogP contribution in [-0.4, -0.2) is 17.6 Å². The summed E-state index contributed by atoms with van der Waals surface area (Å²) in [6.45, 7) is 2.86. The highest BCUT2D eigenvalue weighted by Gasteiger charge is 2.25. The summed E-state index contributed by atoms with van der Waals surface area (Å²) in [5, 5.41) is 12.1. The van der Waals surface area contributed by atoms with Crippen LogP contribution in [0.2, 0.25) is 0 Å². The van der Waals surface area contributed by atoms with Gasteiger partial charge in [0, 0.05) is 18.2 Å². The van der Waals surface area contributed by atoms with Crippen molar-refractivity contribution >= 4 is 11.7 Å². The Hall–Kier alpha value is -1.51. The Labute approximate surface area is 89.1 Å². The zero-order chi connectivity index (χ0) is 10.8. The second kappa shape index (κ2) is 3.93. The summed E-state index contributed by atoms with van der Waals surface area (Å²) in [5.74, 6) is -0.597. The average molecular weight is 205 g/mol. The lowest BCUT2D eigenvalue weighted by Gasteiger charge is -2.08. The van der Waals surface area contributed by atoms with Gasteiger partial charge in [-0.15, -0.1) is 0 Å². The molecule has 1 aromatic rings. The molecule has 80 valence electrons. The molecule has 1 aliphatic heterocycles. The summed E-state index contributed by atoms with van der Waals surface area (Å²) < 4.78 is 0. The summed E-state index contributed by atoms with van der Waals surface area (Å²) in [6.07, 6.45) is 1.20. The molecule has 1 atom stereocenters. The van der Waals surface area contributed by atoms with Gasteiger partial charge in [0.25, 0.3) is 0 Å². The van der Waals surface area contributed by atoms with E-state index >= 15 is 0 Å². The molecule has 1 heterocycles. The fraction of sp³-hybridized carbons (Fsp3) is 0.417. The number of carboxylic acid groups (broad SMARTS) is 1. The molecule has 0 fully saturated rings. The first kappa shape index (κ1) is 10.0. The van der Waals surface area contributed by atoms with Crippen LogP contribution >= 0.6 is 0 Å². The Morgan fingerprint density at radius 2 is 2.40 bits per heavy atom. The number of carboxylic acids is 1. The summed E-state index contributed by atoms with van der Waals surface area (Å²) in [6, 6.07) is 6.14. The minimum Gasteiger partial charge on any atom is -0.481 e. The first-order valence-corrected chi connectivity index (χ1v) is 5.29. The molecule has 0 radical (unpaired) electrons. The van der Waals surface area contributed by atoms with Gasteiger partial charge in [0.05, 0.1) is 6.42 Å². The summed E-state index contributed by atoms with van der Waals surface area (Å²) >= 11 is 0. The molecule has 0 aromatic heterocycles. The zero-order valence-electron chi connectivity index (χ0n) is 8.79. The van der Waals surface area contributed by atoms with Crippen LogP contribution in [0.4, 0.5) is 5.69 Å². The van der Waals surface area contributed by atoms with Gasteiger partial charge in [0.2, 0.25) is 0 Å². The predicted molar refractivity (Wildman–Crippen MR) is 59.3 cm³/mol. The lowest BCUT2D eigenvalue weighted by molar-refractivity contribution is -0.137. The van der Waals surface area contributed by atoms with Crippen LogP contribution < -0.4 is 5.32 Å². The minimum atomic E-state index is -0.725. The molecule has 0 amide bonds. The van der Waals surface area contributed by atoms with Crippen molar-refractivity contribution in [3.05, 3.63) is 29.3 Å². The van der Waals surface area contributed by atoms with Gasteiger partial charge in [-0.1, -0.05) is 25.1 Å². The molecule has 15 heavy (non-hydrogen) atoms. The van der Waals surface area contributed by atoms with Crippen molar-refractivity contribution in [2.45, 2.75) is 25.7 Å². The summed E-state index contributed by atoms with van der Waals surface area (Å²) in [5.41, 5.74) is 3.60. The van der Waals surface area contributed by atoms with Crippen LogP contribution in [0.1, 0.15) is 30.4 Å². The molecular weight excluding hydrogens is 190 g/mol. The molecule has 0 aliphatic carbocycles. The van der Waals surface area contributed by atoms with Crippen LogP contribution in [0.3, 0.4) is 0 Å². The molecule has 3 heteroatoms. The number of hydrogen-bond acceptors (Lipinski definition) is 2. The van der Waals surface area contributed by atoms with E-state index in [0.29, 0.717) is 0 Å². The molecular formula is C12H15NO2. The van der Waals surface area contributed by atoms with Gasteiger partial charge in [0.15, 0.2) is 0 Å². The monoisotopic (exact) mass is 205 g/mol. The number of rotatable bonds is 3. The maximum atomic E-state index is 10.7. The van der Waals surface area contributed by atoms with Crippen molar-refractivity contribution in [1.29, 1.82) is 0 Å². The van der Waals surface area contributed by atoms with Crippen LogP contribution in [0.15, 0.2) is 18.2 Å². The van der Waals surface area contributed by atoms with Crippen molar-refractivity contribution in [3.63, 3.8) is 0 Å². The third-order valence-corrected chi connectivity index (χ3v) is 2.95. The number of nitrogens with one attached hydrogen (secondary N) is 1. The molecule has 1 aliphatic rings. The molecule has 1 unspecified atom stereocenters. The lowest BCUT2D eigenvalue weighted by atomic mass is 9.96. The quantitative estimate of drug-likeness (QED) is 0.795. The molecule has 2 N–H and O–H groups in total. The van der Waals surface area contributed by atoms with Gasteiger partial charge in [-0.2, -0.15) is 0 Å². The van der Waals surface area contributed by atoms with E-state index < -0.39 is 5.97 Å². The number of carbonyl (C=O) groups is 1. The van der Waals surface area contributed by atoms with Crippen LogP contribution in [0.5, 0.6) is 0 Å². The molecule has 1 aromatic carbocycles. The number of fused-ring (bicyclic) bond motifs is 1. The zero-order valence-corrected chi connectivity index (χ0v) is 8.79. The standard InChI is InChI=1S/C12H15NO2/c1-2-8-4-3-5-10-9(6-11(14)15)7-13-12(8)10/h3-5,9,13H,2,6-7H2,1H3,(H,14,15). The van der Waals surface area contributed by atoms with E-state index in [2.05, 4.69) is 18.3 Å². The van der Waals surface area contributed by atoms with Gasteiger partial charge in [-0.25, -0.2) is 0 Å². The lowest BCUT2D eigenvalue weighted by Crippen LogP contribution is -2.07. The third kappa shape index (κ3) is 1.82. The highest BCUT2D eigenvalue weighted by Crippen LogP contribution is 2.36. The number of aryl methyl sites for hydroxylation is 1. The average Bonchev–Trinajstić information content (AvgIpc) is 2.61. The van der Waals surface area contributed by atoms with Crippen molar-refractivity contribution in [2.24, 2.45) is 0 Å². The molecule has 0 spiro atoms. The minimum absolute atomic E-state index is 0.129. The fourth-order valence-electron chi connectivity index (χ4n) is 2.20. The van der Waals surface area contributed by atoms with Gasteiger partial charge in [-0.05, 0) is 17.5 Å². The SMILES string of the molecule is CCc1cccc2c1NCC2CC(=O)O. The van der Waals surface area contributed by atoms with Crippen molar-refractivity contribution in [2.75, 3.05) is 11.9 Å². The van der Waals surface area contributed by atoms with E-state index in [1.807, 2.05) is 12.1 Å². The van der Waals surface area contributed by atoms with Gasteiger partial charge < -0.3 is 10.4 Å². The van der Waals surface area contributed by atoms with Crippen molar-refractivity contribution < 1.29 is 9.90 Å². The van der Waals surface area contributed by atoms with E-state index in [4.69, 9.17) is 5.11 Å². The smallest absolute Gasteiger partial charge is 0.304 e. The van der Waals surface area contributed by atoms with Crippen molar-refractivity contribution in [1.82, 2.24) is 0 Å². The normalized spacial score (nSPS) is 18.3. The van der Waals surface area contributed by atoms with Crippen molar-refractivity contribution in [3.8, 4) is 0 Å². The number of benzene rings is 1. The van der Waals surface area contributed by atoms with E-state index in [1.54, 1.807) is 0 Å². The maximum absolute atomic E-state index is 10.7. The molecule has 0 bridgehead atoms. The Morgan fingerprint density at radius 3 is 3.07 bits per heavy atom. The number of para-hydroxylation sites is 1. The fourth-order valence-corrected chi connectivity index (χ4v) is 2.20. The number of hydrogen-bond donors (Lipinski definition) is 2. The summed E-state index contributed by atoms with van der Waals surface area (Å²) in [4.78, 5) is 10.7. The van der Waals surface area contributed by atoms with Gasteiger partial charge in [0.1, 0.15) is 0 Å². The third-order valence-electron chi connectivity index (χ3n) is 2.95. The van der Waals surface area contributed by atoms with Gasteiger partial charge in [-0.3, -0.25) is 4.79 Å². The van der Waals surface area contributed by atoms with Gasteiger partial charge >= 0.3 is 5.97 Å². The van der Waals surface area contributed by atoms with E-state index in [0.717, 1.165) is 24.2 Å². The predicted octanol–water partition coefficient (Wildman–Crippen LogP) is 2.23. The second-order valence-corrected chi connectivity index (χ2v) is 3.91. The molecule has 0 saturated carbocycles. The van der Waals surface area contributed by atoms with Crippen LogP contribution in [-0.2, 0) is 11.2 Å². The molecule has 0 saturated heterocycles. The van der Waals surface area contributed by atoms with Crippen LogP contribution in [0, 0.1) is 0 Å². The van der Waals surface area contributed by atoms with E-state index in [9.17, 15) is 4.79 Å². The molecule has 2 rings (SSSR count). The largest absolute Gasteiger partial charge is 0.481 e.